The first-order chi connectivity index (χ1) is 8.55. The Balaban J connectivity index is 2.05. The van der Waals surface area contributed by atoms with Crippen LogP contribution in [-0.4, -0.2) is 24.6 Å². The Morgan fingerprint density at radius 3 is 2.83 bits per heavy atom. The smallest absolute Gasteiger partial charge is 0.338 e. The summed E-state index contributed by atoms with van der Waals surface area (Å²) in [7, 11) is 1.28. The van der Waals surface area contributed by atoms with Crippen molar-refractivity contribution in [1.29, 1.82) is 0 Å². The second-order valence-electron chi connectivity index (χ2n) is 4.48. The molecule has 3 N–H and O–H groups in total. The quantitative estimate of drug-likeness (QED) is 0.569. The van der Waals surface area contributed by atoms with Crippen LogP contribution in [0, 0.1) is 0 Å². The highest BCUT2D eigenvalue weighted by atomic mass is 16.5. The van der Waals surface area contributed by atoms with Crippen LogP contribution in [-0.2, 0) is 9.53 Å². The number of nitrogens with one attached hydrogen (secondary N) is 1. The Hall–Kier alpha value is -2.24. The van der Waals surface area contributed by atoms with Crippen molar-refractivity contribution in [3.63, 3.8) is 0 Å². The zero-order valence-corrected chi connectivity index (χ0v) is 9.78. The van der Waals surface area contributed by atoms with E-state index in [1.54, 1.807) is 0 Å². The molecule has 1 fully saturated rings. The monoisotopic (exact) mass is 248 g/mol. The van der Waals surface area contributed by atoms with Gasteiger partial charge in [-0.1, -0.05) is 0 Å². The molecule has 1 heterocycles. The van der Waals surface area contributed by atoms with Gasteiger partial charge >= 0.3 is 5.97 Å². The summed E-state index contributed by atoms with van der Waals surface area (Å²) in [5, 5.41) is 2.72. The molecule has 0 atom stereocenters. The van der Waals surface area contributed by atoms with E-state index in [1.807, 2.05) is 0 Å². The number of amides is 1. The molecule has 1 amide bonds. The van der Waals surface area contributed by atoms with Gasteiger partial charge in [-0.2, -0.15) is 0 Å². The first kappa shape index (κ1) is 10.9. The number of carbonyl (C=O) groups is 2. The van der Waals surface area contributed by atoms with E-state index in [0.29, 0.717) is 30.0 Å². The Kier molecular flexibility index (Phi) is 2.04. The maximum atomic E-state index is 11.8. The standard InChI is InChI=1S/C12H12N2O4/c1-17-10(15)6-4-7(13)9-8(5-6)14-11(16)12(18-9)2-3-12/h4-5H,2-3,13H2,1H3,(H,14,16). The summed E-state index contributed by atoms with van der Waals surface area (Å²) in [5.74, 6) is -0.262. The van der Waals surface area contributed by atoms with E-state index in [0.717, 1.165) is 0 Å². The van der Waals surface area contributed by atoms with E-state index >= 15 is 0 Å². The van der Waals surface area contributed by atoms with E-state index in [4.69, 9.17) is 10.5 Å². The van der Waals surface area contributed by atoms with Gasteiger partial charge in [-0.25, -0.2) is 4.79 Å². The normalized spacial score (nSPS) is 18.6. The third kappa shape index (κ3) is 1.42. The zero-order valence-electron chi connectivity index (χ0n) is 9.78. The van der Waals surface area contributed by atoms with Crippen LogP contribution in [0.25, 0.3) is 0 Å². The lowest BCUT2D eigenvalue weighted by Gasteiger charge is -2.27. The number of esters is 1. The van der Waals surface area contributed by atoms with Crippen LogP contribution in [0.5, 0.6) is 5.75 Å². The van der Waals surface area contributed by atoms with Gasteiger partial charge in [0, 0.05) is 12.8 Å². The van der Waals surface area contributed by atoms with Crippen molar-refractivity contribution in [3.05, 3.63) is 17.7 Å². The van der Waals surface area contributed by atoms with Gasteiger partial charge in [0.2, 0.25) is 0 Å². The minimum absolute atomic E-state index is 0.184. The average molecular weight is 248 g/mol. The zero-order chi connectivity index (χ0) is 12.9. The van der Waals surface area contributed by atoms with Crippen LogP contribution in [0.3, 0.4) is 0 Å². The van der Waals surface area contributed by atoms with Crippen molar-refractivity contribution in [2.24, 2.45) is 0 Å². The lowest BCUT2D eigenvalue weighted by molar-refractivity contribution is -0.125. The van der Waals surface area contributed by atoms with Crippen molar-refractivity contribution >= 4 is 23.3 Å². The SMILES string of the molecule is COC(=O)c1cc(N)c2c(c1)NC(=O)C1(CC1)O2. The molecular formula is C12H12N2O4. The number of methoxy groups -OCH3 is 1. The molecule has 1 aromatic rings. The van der Waals surface area contributed by atoms with E-state index in [-0.39, 0.29) is 11.5 Å². The Morgan fingerprint density at radius 1 is 1.50 bits per heavy atom. The molecule has 18 heavy (non-hydrogen) atoms. The van der Waals surface area contributed by atoms with Crippen molar-refractivity contribution in [3.8, 4) is 5.75 Å². The average Bonchev–Trinajstić information content (AvgIpc) is 3.12. The van der Waals surface area contributed by atoms with Crippen molar-refractivity contribution in [2.75, 3.05) is 18.2 Å². The topological polar surface area (TPSA) is 90.6 Å². The molecule has 1 aliphatic carbocycles. The van der Waals surface area contributed by atoms with Crippen LogP contribution >= 0.6 is 0 Å². The summed E-state index contributed by atoms with van der Waals surface area (Å²) in [5.41, 5.74) is 6.12. The minimum Gasteiger partial charge on any atom is -0.473 e. The highest BCUT2D eigenvalue weighted by Gasteiger charge is 2.55. The van der Waals surface area contributed by atoms with Gasteiger partial charge in [-0.15, -0.1) is 0 Å². The third-order valence-electron chi connectivity index (χ3n) is 3.20. The van der Waals surface area contributed by atoms with Crippen LogP contribution in [0.15, 0.2) is 12.1 Å². The van der Waals surface area contributed by atoms with Crippen LogP contribution in [0.2, 0.25) is 0 Å². The van der Waals surface area contributed by atoms with E-state index in [2.05, 4.69) is 10.1 Å². The number of rotatable bonds is 1. The number of benzene rings is 1. The summed E-state index contributed by atoms with van der Waals surface area (Å²) < 4.78 is 10.3. The molecule has 6 nitrogen and oxygen atoms in total. The number of hydrogen-bond acceptors (Lipinski definition) is 5. The van der Waals surface area contributed by atoms with Gasteiger partial charge in [0.05, 0.1) is 24.0 Å². The number of nitrogen functional groups attached to an aromatic ring is 1. The fourth-order valence-corrected chi connectivity index (χ4v) is 2.01. The van der Waals surface area contributed by atoms with Crippen LogP contribution in [0.1, 0.15) is 23.2 Å². The molecule has 6 heteroatoms. The molecule has 1 spiro atoms. The van der Waals surface area contributed by atoms with Gasteiger partial charge in [-0.05, 0) is 12.1 Å². The first-order valence-electron chi connectivity index (χ1n) is 5.58. The Bertz CT molecular complexity index is 563. The highest BCUT2D eigenvalue weighted by molar-refractivity contribution is 6.05. The van der Waals surface area contributed by atoms with Crippen molar-refractivity contribution < 1.29 is 19.1 Å². The fourth-order valence-electron chi connectivity index (χ4n) is 2.01. The van der Waals surface area contributed by atoms with Gasteiger partial charge in [0.15, 0.2) is 11.4 Å². The lowest BCUT2D eigenvalue weighted by Crippen LogP contribution is -2.39. The van der Waals surface area contributed by atoms with Gasteiger partial charge < -0.3 is 20.5 Å². The lowest BCUT2D eigenvalue weighted by atomic mass is 10.1. The number of fused-ring (bicyclic) bond motifs is 1. The molecule has 0 bridgehead atoms. The molecule has 1 aliphatic heterocycles. The maximum Gasteiger partial charge on any atom is 0.338 e. The van der Waals surface area contributed by atoms with Gasteiger partial charge in [0.25, 0.3) is 5.91 Å². The van der Waals surface area contributed by atoms with E-state index in [1.165, 1.54) is 19.2 Å². The summed E-state index contributed by atoms with van der Waals surface area (Å²) >= 11 is 0. The highest BCUT2D eigenvalue weighted by Crippen LogP contribution is 2.49. The molecule has 1 aromatic carbocycles. The van der Waals surface area contributed by atoms with E-state index in [9.17, 15) is 9.59 Å². The van der Waals surface area contributed by atoms with Gasteiger partial charge in [-0.3, -0.25) is 4.79 Å². The van der Waals surface area contributed by atoms with Crippen molar-refractivity contribution in [1.82, 2.24) is 0 Å². The number of carbonyl (C=O) groups excluding carboxylic acids is 2. The molecule has 94 valence electrons. The largest absolute Gasteiger partial charge is 0.473 e. The molecule has 1 saturated carbocycles. The number of hydrogen-bond donors (Lipinski definition) is 2. The number of anilines is 2. The molecule has 2 aliphatic rings. The number of nitrogens with two attached hydrogens (primary N) is 1. The van der Waals surface area contributed by atoms with Gasteiger partial charge in [0.1, 0.15) is 0 Å². The Morgan fingerprint density at radius 2 is 2.22 bits per heavy atom. The number of ether oxygens (including phenoxy) is 2. The predicted octanol–water partition coefficient (Wildman–Crippen LogP) is 0.919. The van der Waals surface area contributed by atoms with Crippen molar-refractivity contribution in [2.45, 2.75) is 18.4 Å². The maximum absolute atomic E-state index is 11.8. The molecule has 0 unspecified atom stereocenters. The predicted molar refractivity (Wildman–Crippen MR) is 63.4 cm³/mol. The summed E-state index contributed by atoms with van der Waals surface area (Å²) in [6, 6.07) is 2.99. The minimum atomic E-state index is -0.742. The molecule has 0 saturated heterocycles. The third-order valence-corrected chi connectivity index (χ3v) is 3.20. The second-order valence-corrected chi connectivity index (χ2v) is 4.48. The molecular weight excluding hydrogens is 236 g/mol. The fraction of sp³-hybridized carbons (Fsp3) is 0.333. The summed E-state index contributed by atoms with van der Waals surface area (Å²) in [6.07, 6.45) is 1.38. The summed E-state index contributed by atoms with van der Waals surface area (Å²) in [6.45, 7) is 0. The first-order valence-corrected chi connectivity index (χ1v) is 5.58. The Labute approximate surface area is 103 Å². The molecule has 0 aromatic heterocycles. The van der Waals surface area contributed by atoms with Crippen LogP contribution < -0.4 is 15.8 Å². The van der Waals surface area contributed by atoms with Crippen LogP contribution in [0.4, 0.5) is 11.4 Å². The molecule has 3 rings (SSSR count). The summed E-state index contributed by atoms with van der Waals surface area (Å²) in [4.78, 5) is 23.3. The van der Waals surface area contributed by atoms with E-state index < -0.39 is 11.6 Å². The molecule has 0 radical (unpaired) electrons. The second kappa shape index (κ2) is 3.38.